The minimum atomic E-state index is -4.67. The highest BCUT2D eigenvalue weighted by Crippen LogP contribution is 2.59. The fourth-order valence-electron chi connectivity index (χ4n) is 5.57. The van der Waals surface area contributed by atoms with E-state index in [1.54, 1.807) is 29.2 Å². The van der Waals surface area contributed by atoms with Crippen molar-refractivity contribution < 1.29 is 27.1 Å². The molecule has 0 radical (unpaired) electrons. The maximum Gasteiger partial charge on any atom is 0.435 e. The van der Waals surface area contributed by atoms with E-state index in [1.807, 2.05) is 36.6 Å². The Bertz CT molecular complexity index is 1810. The highest BCUT2D eigenvalue weighted by atomic mass is 35.5. The number of amides is 1. The summed E-state index contributed by atoms with van der Waals surface area (Å²) in [6, 6.07) is 15.7. The molecule has 0 aliphatic carbocycles. The molecule has 0 spiro atoms. The van der Waals surface area contributed by atoms with Gasteiger partial charge in [0, 0.05) is 28.7 Å². The molecule has 3 aromatic heterocycles. The number of rotatable bonds is 9. The number of thiophene rings is 1. The summed E-state index contributed by atoms with van der Waals surface area (Å²) in [5.74, 6) is -0.372. The van der Waals surface area contributed by atoms with Crippen LogP contribution >= 0.6 is 22.9 Å². The van der Waals surface area contributed by atoms with Gasteiger partial charge in [0.1, 0.15) is 30.2 Å². The molecule has 6 rings (SSSR count). The fourth-order valence-corrected chi connectivity index (χ4v) is 6.73. The third-order valence-corrected chi connectivity index (χ3v) is 9.13. The van der Waals surface area contributed by atoms with Crippen molar-refractivity contribution in [3.63, 3.8) is 0 Å². The van der Waals surface area contributed by atoms with E-state index in [0.29, 0.717) is 23.2 Å². The van der Waals surface area contributed by atoms with Crippen molar-refractivity contribution in [2.24, 2.45) is 13.0 Å². The van der Waals surface area contributed by atoms with Gasteiger partial charge in [0.15, 0.2) is 5.69 Å². The highest BCUT2D eigenvalue weighted by molar-refractivity contribution is 7.10. The molecule has 1 amide bonds. The molecule has 4 heterocycles. The fraction of sp³-hybridized carbons (Fsp3) is 0.333. The van der Waals surface area contributed by atoms with Crippen molar-refractivity contribution in [1.29, 1.82) is 0 Å². The number of carbonyl (C=O) groups is 1. The maximum atomic E-state index is 13.3. The van der Waals surface area contributed by atoms with Crippen LogP contribution in [0, 0.1) is 11.7 Å². The number of benzene rings is 2. The lowest BCUT2D eigenvalue weighted by Crippen LogP contribution is -2.19. The minimum Gasteiger partial charge on any atom is -0.354 e. The van der Waals surface area contributed by atoms with Gasteiger partial charge in [-0.15, -0.1) is 11.3 Å². The third kappa shape index (κ3) is 7.91. The first-order valence-corrected chi connectivity index (χ1v) is 16.0. The van der Waals surface area contributed by atoms with Crippen LogP contribution in [0.5, 0.6) is 0 Å². The number of halogens is 5. The van der Waals surface area contributed by atoms with Crippen LogP contribution in [-0.4, -0.2) is 30.5 Å². The van der Waals surface area contributed by atoms with E-state index in [0.717, 1.165) is 33.3 Å². The average molecular weight is 689 g/mol. The summed E-state index contributed by atoms with van der Waals surface area (Å²) in [6.45, 7) is 6.74. The van der Waals surface area contributed by atoms with E-state index in [1.165, 1.54) is 36.8 Å². The normalized spacial score (nSPS) is 18.0. The Morgan fingerprint density at radius 2 is 1.85 bits per heavy atom. The van der Waals surface area contributed by atoms with Crippen LogP contribution in [0.2, 0.25) is 5.02 Å². The van der Waals surface area contributed by atoms with E-state index < -0.39 is 28.9 Å². The first-order valence-electron chi connectivity index (χ1n) is 14.8. The van der Waals surface area contributed by atoms with Crippen LogP contribution in [0.1, 0.15) is 71.3 Å². The molecule has 2 aromatic carbocycles. The smallest absolute Gasteiger partial charge is 0.354 e. The van der Waals surface area contributed by atoms with Gasteiger partial charge in [-0.1, -0.05) is 62.7 Å². The van der Waals surface area contributed by atoms with Crippen LogP contribution in [-0.2, 0) is 30.1 Å². The van der Waals surface area contributed by atoms with Crippen molar-refractivity contribution in [1.82, 2.24) is 24.5 Å². The zero-order valence-electron chi connectivity index (χ0n) is 26.0. The molecule has 1 N–H and O–H groups in total. The van der Waals surface area contributed by atoms with Crippen LogP contribution in [0.3, 0.4) is 0 Å². The number of anilines is 1. The lowest BCUT2D eigenvalue weighted by Gasteiger charge is -2.15. The summed E-state index contributed by atoms with van der Waals surface area (Å²) >= 11 is 7.80. The van der Waals surface area contributed by atoms with E-state index in [9.17, 15) is 22.4 Å². The van der Waals surface area contributed by atoms with Gasteiger partial charge in [-0.2, -0.15) is 23.4 Å². The second-order valence-corrected chi connectivity index (χ2v) is 13.1. The molecule has 1 aliphatic rings. The molecular formula is C33H33ClF4N6O2S. The van der Waals surface area contributed by atoms with Crippen LogP contribution < -0.4 is 5.32 Å². The molecular weight excluding hydrogens is 656 g/mol. The quantitative estimate of drug-likeness (QED) is 0.124. The van der Waals surface area contributed by atoms with Crippen molar-refractivity contribution in [2.75, 3.05) is 5.32 Å². The molecule has 14 heteroatoms. The molecule has 0 bridgehead atoms. The molecule has 8 nitrogen and oxygen atoms in total. The SMILES string of the molecule is CC(C)CC(C)c1sccc1NC(=O)c1cn(C)nc1C(F)(F)F.Fc1ccc(C2(Cn3cncn3)OC2c2ccccc2Cl)cc1. The lowest BCUT2D eigenvalue weighted by atomic mass is 9.91. The Balaban J connectivity index is 0.000000184. The summed E-state index contributed by atoms with van der Waals surface area (Å²) in [4.78, 5) is 17.3. The summed E-state index contributed by atoms with van der Waals surface area (Å²) in [5.41, 5.74) is 0.105. The highest BCUT2D eigenvalue weighted by Gasteiger charge is 2.59. The van der Waals surface area contributed by atoms with Gasteiger partial charge in [0.05, 0.1) is 17.8 Å². The Hall–Kier alpha value is -4.07. The first kappa shape index (κ1) is 34.3. The van der Waals surface area contributed by atoms with E-state index in [4.69, 9.17) is 16.3 Å². The summed E-state index contributed by atoms with van der Waals surface area (Å²) in [6.07, 6.45) is 0.259. The van der Waals surface area contributed by atoms with Gasteiger partial charge < -0.3 is 10.1 Å². The van der Waals surface area contributed by atoms with Crippen LogP contribution in [0.25, 0.3) is 0 Å². The second kappa shape index (κ2) is 14.0. The Morgan fingerprint density at radius 1 is 1.13 bits per heavy atom. The lowest BCUT2D eigenvalue weighted by molar-refractivity contribution is -0.141. The first-order chi connectivity index (χ1) is 22.3. The number of nitrogens with one attached hydrogen (secondary N) is 1. The number of alkyl halides is 3. The Labute approximate surface area is 278 Å². The topological polar surface area (TPSA) is 90.2 Å². The monoisotopic (exact) mass is 688 g/mol. The second-order valence-electron chi connectivity index (χ2n) is 11.8. The van der Waals surface area contributed by atoms with E-state index in [2.05, 4.69) is 34.3 Å². The van der Waals surface area contributed by atoms with Crippen molar-refractivity contribution in [3.8, 4) is 0 Å². The standard InChI is InChI=1S/C17H13ClFN3O.C16H20F3N3OS/c18-15-4-2-1-3-14(15)16-17(23-16,9-22-11-20-10-21-22)12-5-7-13(19)8-6-12;1-9(2)7-10(3)13-12(5-6-24-13)20-15(23)11-8-22(4)21-14(11)16(17,18)19/h1-8,10-11,16H,9H2;5-6,8-10H,7H2,1-4H3,(H,20,23). The van der Waals surface area contributed by atoms with E-state index in [-0.39, 0.29) is 17.8 Å². The number of aryl methyl sites for hydroxylation is 1. The molecule has 5 aromatic rings. The van der Waals surface area contributed by atoms with Crippen LogP contribution in [0.15, 0.2) is 78.8 Å². The summed E-state index contributed by atoms with van der Waals surface area (Å²) in [5, 5.41) is 12.6. The number of carbonyl (C=O) groups excluding carboxylic acids is 1. The third-order valence-electron chi connectivity index (χ3n) is 7.64. The zero-order valence-corrected chi connectivity index (χ0v) is 27.6. The molecule has 1 aliphatic heterocycles. The van der Waals surface area contributed by atoms with Gasteiger partial charge >= 0.3 is 6.18 Å². The molecule has 3 atom stereocenters. The summed E-state index contributed by atoms with van der Waals surface area (Å²) < 4.78 is 61.0. The van der Waals surface area contributed by atoms with Crippen molar-refractivity contribution >= 4 is 34.5 Å². The molecule has 1 fully saturated rings. The molecule has 1 saturated heterocycles. The van der Waals surface area contributed by atoms with E-state index >= 15 is 0 Å². The largest absolute Gasteiger partial charge is 0.435 e. The molecule has 47 heavy (non-hydrogen) atoms. The number of nitrogens with zero attached hydrogens (tertiary/aromatic N) is 5. The van der Waals surface area contributed by atoms with Gasteiger partial charge in [-0.25, -0.2) is 14.1 Å². The zero-order chi connectivity index (χ0) is 33.9. The van der Waals surface area contributed by atoms with Gasteiger partial charge in [0.25, 0.3) is 5.91 Å². The van der Waals surface area contributed by atoms with Gasteiger partial charge in [-0.05, 0) is 53.5 Å². The number of ether oxygens (including phenoxy) is 1. The van der Waals surface area contributed by atoms with Gasteiger partial charge in [0.2, 0.25) is 0 Å². The number of hydrogen-bond acceptors (Lipinski definition) is 6. The number of epoxide rings is 1. The average Bonchev–Trinajstić information content (AvgIpc) is 3.42. The van der Waals surface area contributed by atoms with Crippen molar-refractivity contribution in [3.05, 3.63) is 117 Å². The molecule has 248 valence electrons. The Kier molecular flexibility index (Phi) is 10.2. The van der Waals surface area contributed by atoms with Gasteiger partial charge in [-0.3, -0.25) is 9.48 Å². The number of aromatic nitrogens is 5. The molecule has 0 saturated carbocycles. The number of hydrogen-bond donors (Lipinski definition) is 1. The predicted molar refractivity (Wildman–Crippen MR) is 172 cm³/mol. The summed E-state index contributed by atoms with van der Waals surface area (Å²) in [7, 11) is 1.35. The van der Waals surface area contributed by atoms with Crippen LogP contribution in [0.4, 0.5) is 23.2 Å². The predicted octanol–water partition coefficient (Wildman–Crippen LogP) is 8.64. The van der Waals surface area contributed by atoms with Crippen molar-refractivity contribution in [2.45, 2.75) is 57.5 Å². The Morgan fingerprint density at radius 3 is 2.49 bits per heavy atom. The molecule has 3 unspecified atom stereocenters. The minimum absolute atomic E-state index is 0.203. The maximum absolute atomic E-state index is 13.3.